The number of amides is 1. The van der Waals surface area contributed by atoms with E-state index in [1.807, 2.05) is 0 Å². The molecular weight excluding hydrogens is 246 g/mol. The monoisotopic (exact) mass is 267 g/mol. The molecule has 0 aromatic rings. The normalized spacial score (nSPS) is 19.7. The fourth-order valence-electron chi connectivity index (χ4n) is 1.24. The van der Waals surface area contributed by atoms with Gasteiger partial charge < -0.3 is 36.0 Å². The van der Waals surface area contributed by atoms with Gasteiger partial charge in [-0.1, -0.05) is 6.92 Å². The van der Waals surface area contributed by atoms with Crippen LogP contribution in [0.15, 0.2) is 0 Å². The van der Waals surface area contributed by atoms with Crippen LogP contribution in [-0.2, 0) is 4.79 Å². The van der Waals surface area contributed by atoms with E-state index in [1.54, 1.807) is 6.92 Å². The summed E-state index contributed by atoms with van der Waals surface area (Å²) in [6, 6.07) is -0.570. The molecule has 7 N–H and O–H groups in total. The van der Waals surface area contributed by atoms with Crippen LogP contribution in [0.3, 0.4) is 0 Å². The highest BCUT2D eigenvalue weighted by molar-refractivity contribution is 5.81. The minimum absolute atomic E-state index is 0.327. The predicted octanol–water partition coefficient (Wildman–Crippen LogP) is -3.69. The molecule has 0 aliphatic carbocycles. The highest BCUT2D eigenvalue weighted by atomic mass is 16.4. The predicted molar refractivity (Wildman–Crippen MR) is 60.4 cm³/mol. The van der Waals surface area contributed by atoms with Crippen molar-refractivity contribution in [1.29, 1.82) is 0 Å². The number of nitrogens with one attached hydrogen (secondary N) is 1. The number of aliphatic hydroxyl groups is 6. The minimum atomic E-state index is -1.97. The van der Waals surface area contributed by atoms with Crippen LogP contribution in [0.4, 0.5) is 0 Å². The van der Waals surface area contributed by atoms with Gasteiger partial charge in [0.15, 0.2) is 6.10 Å². The second kappa shape index (κ2) is 8.35. The molecule has 0 aromatic heterocycles. The third-order valence-electron chi connectivity index (χ3n) is 2.58. The van der Waals surface area contributed by atoms with E-state index in [4.69, 9.17) is 15.3 Å². The second-order valence-corrected chi connectivity index (χ2v) is 3.97. The summed E-state index contributed by atoms with van der Waals surface area (Å²) < 4.78 is 0. The maximum atomic E-state index is 11.4. The molecule has 5 atom stereocenters. The molecule has 1 amide bonds. The summed E-state index contributed by atoms with van der Waals surface area (Å²) in [4.78, 5) is 11.4. The maximum absolute atomic E-state index is 11.4. The first-order valence-electron chi connectivity index (χ1n) is 5.63. The molecule has 0 rings (SSSR count). The lowest BCUT2D eigenvalue weighted by Gasteiger charge is -2.26. The number of hydrogen-bond acceptors (Lipinski definition) is 7. The van der Waals surface area contributed by atoms with Crippen molar-refractivity contribution in [3.8, 4) is 0 Å². The Morgan fingerprint density at radius 3 is 2.00 bits per heavy atom. The van der Waals surface area contributed by atoms with Crippen LogP contribution < -0.4 is 5.32 Å². The summed E-state index contributed by atoms with van der Waals surface area (Å²) in [5.41, 5.74) is 0. The van der Waals surface area contributed by atoms with Gasteiger partial charge in [-0.05, 0) is 6.42 Å². The number of aliphatic hydroxyl groups excluding tert-OH is 6. The average Bonchev–Trinajstić information content (AvgIpc) is 2.40. The molecule has 8 heteroatoms. The van der Waals surface area contributed by atoms with Gasteiger partial charge in [-0.2, -0.15) is 0 Å². The topological polar surface area (TPSA) is 150 Å². The Labute approximate surface area is 105 Å². The van der Waals surface area contributed by atoms with Gasteiger partial charge in [0.2, 0.25) is 0 Å². The molecule has 0 unspecified atom stereocenters. The average molecular weight is 267 g/mol. The summed E-state index contributed by atoms with van der Waals surface area (Å²) in [6.07, 6.45) is -7.01. The fraction of sp³-hybridized carbons (Fsp3) is 0.900. The van der Waals surface area contributed by atoms with Crippen molar-refractivity contribution in [3.63, 3.8) is 0 Å². The molecule has 0 aliphatic rings. The maximum Gasteiger partial charge on any atom is 0.251 e. The van der Waals surface area contributed by atoms with Gasteiger partial charge >= 0.3 is 0 Å². The quantitative estimate of drug-likeness (QED) is 0.239. The van der Waals surface area contributed by atoms with Gasteiger partial charge in [-0.3, -0.25) is 4.79 Å². The van der Waals surface area contributed by atoms with Crippen molar-refractivity contribution in [2.45, 2.75) is 43.8 Å². The third kappa shape index (κ3) is 4.84. The van der Waals surface area contributed by atoms with Crippen LogP contribution in [-0.4, -0.2) is 80.2 Å². The van der Waals surface area contributed by atoms with E-state index in [2.05, 4.69) is 5.32 Å². The van der Waals surface area contributed by atoms with Gasteiger partial charge in [0.1, 0.15) is 18.3 Å². The highest BCUT2D eigenvalue weighted by Gasteiger charge is 2.34. The summed E-state index contributed by atoms with van der Waals surface area (Å²) >= 11 is 0. The standard InChI is InChI=1S/C10H21NO7/c1-2-5(3-12)11-10(18)9(17)8(16)7(15)6(14)4-13/h5-9,12-17H,2-4H2,1H3,(H,11,18)/t5-,6-,7-,8-,9+/m1/s1. The molecule has 108 valence electrons. The van der Waals surface area contributed by atoms with Crippen molar-refractivity contribution < 1.29 is 35.4 Å². The molecule has 18 heavy (non-hydrogen) atoms. The van der Waals surface area contributed by atoms with Crippen molar-refractivity contribution in [2.24, 2.45) is 0 Å². The Balaban J connectivity index is 4.44. The Morgan fingerprint density at radius 1 is 1.06 bits per heavy atom. The number of carbonyl (C=O) groups is 1. The van der Waals surface area contributed by atoms with Crippen LogP contribution in [0.5, 0.6) is 0 Å². The van der Waals surface area contributed by atoms with E-state index in [1.165, 1.54) is 0 Å². The largest absolute Gasteiger partial charge is 0.394 e. The van der Waals surface area contributed by atoms with E-state index in [-0.39, 0.29) is 6.61 Å². The molecule has 0 aliphatic heterocycles. The van der Waals surface area contributed by atoms with Crippen LogP contribution in [0.2, 0.25) is 0 Å². The van der Waals surface area contributed by atoms with E-state index < -0.39 is 43.0 Å². The molecule has 0 aromatic carbocycles. The highest BCUT2D eigenvalue weighted by Crippen LogP contribution is 2.06. The molecule has 0 bridgehead atoms. The molecule has 0 spiro atoms. The molecule has 0 heterocycles. The van der Waals surface area contributed by atoms with E-state index >= 15 is 0 Å². The third-order valence-corrected chi connectivity index (χ3v) is 2.58. The molecule has 8 nitrogen and oxygen atoms in total. The Morgan fingerprint density at radius 2 is 1.61 bits per heavy atom. The molecule has 0 saturated carbocycles. The molecule has 0 saturated heterocycles. The van der Waals surface area contributed by atoms with Crippen LogP contribution in [0, 0.1) is 0 Å². The van der Waals surface area contributed by atoms with Gasteiger partial charge in [0, 0.05) is 0 Å². The van der Waals surface area contributed by atoms with Gasteiger partial charge in [0.25, 0.3) is 5.91 Å². The second-order valence-electron chi connectivity index (χ2n) is 3.97. The fourth-order valence-corrected chi connectivity index (χ4v) is 1.24. The zero-order valence-corrected chi connectivity index (χ0v) is 10.1. The first-order chi connectivity index (χ1) is 8.38. The number of hydrogen-bond donors (Lipinski definition) is 7. The van der Waals surface area contributed by atoms with E-state index in [9.17, 15) is 20.1 Å². The van der Waals surface area contributed by atoms with Crippen molar-refractivity contribution in [1.82, 2.24) is 5.32 Å². The SMILES string of the molecule is CC[C@H](CO)NC(=O)[C@@H](O)[C@H](O)[C@H](O)[C@H](O)CO. The first-order valence-corrected chi connectivity index (χ1v) is 5.63. The summed E-state index contributed by atoms with van der Waals surface area (Å²) in [6.45, 7) is 0.558. The molecule has 0 radical (unpaired) electrons. The molecular formula is C10H21NO7. The van der Waals surface area contributed by atoms with Crippen LogP contribution in [0.1, 0.15) is 13.3 Å². The van der Waals surface area contributed by atoms with Gasteiger partial charge in [-0.15, -0.1) is 0 Å². The number of rotatable bonds is 8. The Kier molecular flexibility index (Phi) is 8.00. The van der Waals surface area contributed by atoms with Crippen LogP contribution >= 0.6 is 0 Å². The van der Waals surface area contributed by atoms with Crippen LogP contribution in [0.25, 0.3) is 0 Å². The summed E-state index contributed by atoms with van der Waals surface area (Å²) in [5.74, 6) is -0.979. The van der Waals surface area contributed by atoms with Crippen molar-refractivity contribution in [3.05, 3.63) is 0 Å². The van der Waals surface area contributed by atoms with Crippen molar-refractivity contribution >= 4 is 5.91 Å². The van der Waals surface area contributed by atoms with E-state index in [0.717, 1.165) is 0 Å². The summed E-state index contributed by atoms with van der Waals surface area (Å²) in [7, 11) is 0. The minimum Gasteiger partial charge on any atom is -0.394 e. The lowest BCUT2D eigenvalue weighted by molar-refractivity contribution is -0.149. The number of carbonyl (C=O) groups excluding carboxylic acids is 1. The summed E-state index contributed by atoms with van der Waals surface area (Å²) in [5, 5.41) is 56.9. The molecule has 0 fully saturated rings. The Hall–Kier alpha value is -0.770. The lowest BCUT2D eigenvalue weighted by Crippen LogP contribution is -2.53. The Bertz CT molecular complexity index is 246. The smallest absolute Gasteiger partial charge is 0.251 e. The zero-order chi connectivity index (χ0) is 14.3. The van der Waals surface area contributed by atoms with Gasteiger partial charge in [-0.25, -0.2) is 0 Å². The first kappa shape index (κ1) is 17.2. The lowest BCUT2D eigenvalue weighted by atomic mass is 10.0. The van der Waals surface area contributed by atoms with Gasteiger partial charge in [0.05, 0.1) is 19.3 Å². The zero-order valence-electron chi connectivity index (χ0n) is 10.1. The van der Waals surface area contributed by atoms with E-state index in [0.29, 0.717) is 6.42 Å². The van der Waals surface area contributed by atoms with Crippen molar-refractivity contribution in [2.75, 3.05) is 13.2 Å².